The lowest BCUT2D eigenvalue weighted by atomic mass is 10.1. The smallest absolute Gasteiger partial charge is 0.310 e. The Hall–Kier alpha value is -0.610. The Balaban J connectivity index is 2.49. The van der Waals surface area contributed by atoms with E-state index in [1.54, 1.807) is 0 Å². The normalized spacial score (nSPS) is 34.8. The molecular weight excluding hydrogens is 122 g/mol. The van der Waals surface area contributed by atoms with Crippen LogP contribution in [-0.4, -0.2) is 23.9 Å². The highest BCUT2D eigenvalue weighted by Crippen LogP contribution is 2.16. The maximum Gasteiger partial charge on any atom is 0.310 e. The van der Waals surface area contributed by atoms with Crippen LogP contribution < -0.4 is 5.73 Å². The Bertz CT molecular complexity index is 125. The van der Waals surface area contributed by atoms with Gasteiger partial charge in [0.2, 0.25) is 0 Å². The minimum atomic E-state index is -0.861. The van der Waals surface area contributed by atoms with Crippen LogP contribution in [0, 0.1) is 5.92 Å². The summed E-state index contributed by atoms with van der Waals surface area (Å²) in [6.45, 7) is 0.470. The molecule has 2 atom stereocenters. The van der Waals surface area contributed by atoms with E-state index in [1.807, 2.05) is 0 Å². The predicted octanol–water partition coefficient (Wildman–Crippen LogP) is -0.608. The van der Waals surface area contributed by atoms with Gasteiger partial charge < -0.3 is 15.6 Å². The molecule has 1 rings (SSSR count). The lowest BCUT2D eigenvalue weighted by molar-refractivity contribution is -0.143. The molecule has 1 aliphatic heterocycles. The molecule has 0 unspecified atom stereocenters. The summed E-state index contributed by atoms with van der Waals surface area (Å²) >= 11 is 0. The van der Waals surface area contributed by atoms with Gasteiger partial charge in [-0.05, 0) is 6.42 Å². The summed E-state index contributed by atoms with van der Waals surface area (Å²) in [6.07, 6.45) is -0.0567. The number of hydrogen-bond donors (Lipinski definition) is 2. The Kier molecular flexibility index (Phi) is 1.68. The van der Waals surface area contributed by atoms with Crippen LogP contribution in [0.3, 0.4) is 0 Å². The highest BCUT2D eigenvalue weighted by molar-refractivity contribution is 5.70. The van der Waals surface area contributed by atoms with Crippen molar-refractivity contribution < 1.29 is 14.6 Å². The quantitative estimate of drug-likeness (QED) is 0.498. The summed E-state index contributed by atoms with van der Waals surface area (Å²) < 4.78 is 4.82. The molecule has 0 radical (unpaired) electrons. The van der Waals surface area contributed by atoms with E-state index in [0.29, 0.717) is 13.0 Å². The van der Waals surface area contributed by atoms with Gasteiger partial charge in [-0.15, -0.1) is 0 Å². The van der Waals surface area contributed by atoms with Gasteiger partial charge in [0, 0.05) is 6.61 Å². The van der Waals surface area contributed by atoms with Crippen LogP contribution in [0.1, 0.15) is 6.42 Å². The van der Waals surface area contributed by atoms with Crippen molar-refractivity contribution in [3.05, 3.63) is 0 Å². The van der Waals surface area contributed by atoms with E-state index >= 15 is 0 Å². The molecular formula is C5H9NO3. The van der Waals surface area contributed by atoms with Gasteiger partial charge in [-0.3, -0.25) is 4.79 Å². The minimum Gasteiger partial charge on any atom is -0.481 e. The second-order valence-corrected chi connectivity index (χ2v) is 2.07. The molecule has 4 nitrogen and oxygen atoms in total. The molecule has 0 bridgehead atoms. The third-order valence-electron chi connectivity index (χ3n) is 1.45. The molecule has 0 saturated carbocycles. The zero-order valence-corrected chi connectivity index (χ0v) is 4.91. The average Bonchev–Trinajstić information content (AvgIpc) is 2.13. The van der Waals surface area contributed by atoms with Crippen molar-refractivity contribution >= 4 is 5.97 Å². The summed E-state index contributed by atoms with van der Waals surface area (Å²) in [7, 11) is 0. The third-order valence-corrected chi connectivity index (χ3v) is 1.45. The fourth-order valence-corrected chi connectivity index (χ4v) is 0.876. The van der Waals surface area contributed by atoms with Gasteiger partial charge in [-0.25, -0.2) is 0 Å². The topological polar surface area (TPSA) is 72.5 Å². The Morgan fingerprint density at radius 1 is 1.78 bits per heavy atom. The molecule has 0 amide bonds. The van der Waals surface area contributed by atoms with E-state index in [-0.39, 0.29) is 0 Å². The number of ether oxygens (including phenoxy) is 1. The molecule has 1 saturated heterocycles. The molecule has 1 fully saturated rings. The first-order chi connectivity index (χ1) is 4.22. The Morgan fingerprint density at radius 2 is 2.44 bits per heavy atom. The highest BCUT2D eigenvalue weighted by atomic mass is 16.5. The van der Waals surface area contributed by atoms with Gasteiger partial charge in [0.25, 0.3) is 0 Å². The van der Waals surface area contributed by atoms with Crippen LogP contribution in [0.15, 0.2) is 0 Å². The van der Waals surface area contributed by atoms with Crippen LogP contribution >= 0.6 is 0 Å². The van der Waals surface area contributed by atoms with E-state index in [9.17, 15) is 4.79 Å². The molecule has 0 aliphatic carbocycles. The average molecular weight is 131 g/mol. The standard InChI is InChI=1S/C5H9NO3/c6-4-3(5(7)8)1-2-9-4/h3-4H,1-2,6H2,(H,7,8)/t3-,4+/m1/s1. The van der Waals surface area contributed by atoms with Crippen molar-refractivity contribution in [3.8, 4) is 0 Å². The van der Waals surface area contributed by atoms with Crippen molar-refractivity contribution in [1.29, 1.82) is 0 Å². The van der Waals surface area contributed by atoms with Crippen LogP contribution in [-0.2, 0) is 9.53 Å². The molecule has 1 aliphatic rings. The number of carboxylic acids is 1. The minimum absolute atomic E-state index is 0.470. The van der Waals surface area contributed by atoms with Crippen molar-refractivity contribution in [3.63, 3.8) is 0 Å². The van der Waals surface area contributed by atoms with E-state index < -0.39 is 18.1 Å². The summed E-state index contributed by atoms with van der Waals surface area (Å²) in [5.41, 5.74) is 5.28. The van der Waals surface area contributed by atoms with Crippen molar-refractivity contribution in [2.75, 3.05) is 6.61 Å². The summed E-state index contributed by atoms with van der Waals surface area (Å²) in [5, 5.41) is 8.42. The number of hydrogen-bond acceptors (Lipinski definition) is 3. The summed E-state index contributed by atoms with van der Waals surface area (Å²) in [5.74, 6) is -1.36. The predicted molar refractivity (Wildman–Crippen MR) is 29.7 cm³/mol. The van der Waals surface area contributed by atoms with Crippen molar-refractivity contribution in [1.82, 2.24) is 0 Å². The van der Waals surface area contributed by atoms with E-state index in [2.05, 4.69) is 0 Å². The second-order valence-electron chi connectivity index (χ2n) is 2.07. The first-order valence-corrected chi connectivity index (χ1v) is 2.82. The van der Waals surface area contributed by atoms with E-state index in [0.717, 1.165) is 0 Å². The van der Waals surface area contributed by atoms with Gasteiger partial charge in [0.1, 0.15) is 6.23 Å². The number of carbonyl (C=O) groups is 1. The van der Waals surface area contributed by atoms with Crippen LogP contribution in [0.2, 0.25) is 0 Å². The van der Waals surface area contributed by atoms with Gasteiger partial charge >= 0.3 is 5.97 Å². The fourth-order valence-electron chi connectivity index (χ4n) is 0.876. The summed E-state index contributed by atoms with van der Waals surface area (Å²) in [6, 6.07) is 0. The van der Waals surface area contributed by atoms with Crippen LogP contribution in [0.25, 0.3) is 0 Å². The Morgan fingerprint density at radius 3 is 2.67 bits per heavy atom. The maximum atomic E-state index is 10.3. The fraction of sp³-hybridized carbons (Fsp3) is 0.800. The SMILES string of the molecule is N[C@H]1OCC[C@H]1C(=O)O. The maximum absolute atomic E-state index is 10.3. The zero-order valence-electron chi connectivity index (χ0n) is 4.91. The number of carboxylic acid groups (broad SMARTS) is 1. The molecule has 0 aromatic carbocycles. The molecule has 9 heavy (non-hydrogen) atoms. The molecule has 0 aromatic heterocycles. The van der Waals surface area contributed by atoms with Crippen LogP contribution in [0.5, 0.6) is 0 Å². The molecule has 0 aromatic rings. The lowest BCUT2D eigenvalue weighted by Crippen LogP contribution is -2.31. The zero-order chi connectivity index (χ0) is 6.85. The third kappa shape index (κ3) is 1.20. The molecule has 52 valence electrons. The monoisotopic (exact) mass is 131 g/mol. The molecule has 0 spiro atoms. The van der Waals surface area contributed by atoms with Gasteiger partial charge in [-0.2, -0.15) is 0 Å². The first kappa shape index (κ1) is 6.51. The molecule has 3 N–H and O–H groups in total. The van der Waals surface area contributed by atoms with Gasteiger partial charge in [0.15, 0.2) is 0 Å². The van der Waals surface area contributed by atoms with Gasteiger partial charge in [0.05, 0.1) is 5.92 Å². The van der Waals surface area contributed by atoms with Crippen molar-refractivity contribution in [2.45, 2.75) is 12.6 Å². The van der Waals surface area contributed by atoms with Gasteiger partial charge in [-0.1, -0.05) is 0 Å². The van der Waals surface area contributed by atoms with E-state index in [1.165, 1.54) is 0 Å². The second kappa shape index (κ2) is 2.33. The Labute approximate surface area is 52.6 Å². The van der Waals surface area contributed by atoms with E-state index in [4.69, 9.17) is 15.6 Å². The first-order valence-electron chi connectivity index (χ1n) is 2.82. The number of nitrogens with two attached hydrogens (primary N) is 1. The summed E-state index contributed by atoms with van der Waals surface area (Å²) in [4.78, 5) is 10.3. The largest absolute Gasteiger partial charge is 0.481 e. The molecule has 1 heterocycles. The highest BCUT2D eigenvalue weighted by Gasteiger charge is 2.30. The number of aliphatic carboxylic acids is 1. The van der Waals surface area contributed by atoms with Crippen molar-refractivity contribution in [2.24, 2.45) is 11.7 Å². The number of rotatable bonds is 1. The van der Waals surface area contributed by atoms with Crippen LogP contribution in [0.4, 0.5) is 0 Å². The lowest BCUT2D eigenvalue weighted by Gasteiger charge is -2.06. The molecule has 4 heteroatoms.